The maximum absolute atomic E-state index is 12.2. The van der Waals surface area contributed by atoms with E-state index in [-0.39, 0.29) is 25.6 Å². The second-order valence-corrected chi connectivity index (χ2v) is 7.60. The van der Waals surface area contributed by atoms with E-state index in [1.165, 1.54) is 0 Å². The number of carboxylic acid groups (broad SMARTS) is 1. The van der Waals surface area contributed by atoms with Crippen molar-refractivity contribution in [3.05, 3.63) is 59.7 Å². The summed E-state index contributed by atoms with van der Waals surface area (Å²) in [6.07, 6.45) is -2.23. The fourth-order valence-electron chi connectivity index (χ4n) is 3.64. The number of benzene rings is 2. The number of fused-ring (bicyclic) bond motifs is 3. The lowest BCUT2D eigenvalue weighted by Crippen LogP contribution is -2.40. The number of hydrogen-bond acceptors (Lipinski definition) is 5. The first-order valence-electron chi connectivity index (χ1n) is 10.1. The molecule has 0 saturated heterocycles. The third-order valence-corrected chi connectivity index (χ3v) is 5.27. The van der Waals surface area contributed by atoms with Gasteiger partial charge in [-0.2, -0.15) is 0 Å². The Hall–Kier alpha value is -3.39. The van der Waals surface area contributed by atoms with Crippen molar-refractivity contribution in [1.29, 1.82) is 0 Å². The number of carbonyl (C=O) groups is 3. The van der Waals surface area contributed by atoms with E-state index < -0.39 is 36.4 Å². The molecule has 0 fully saturated rings. The van der Waals surface area contributed by atoms with Gasteiger partial charge in [-0.15, -0.1) is 0 Å². The third-order valence-electron chi connectivity index (χ3n) is 5.27. The van der Waals surface area contributed by atoms with Crippen LogP contribution in [0.25, 0.3) is 11.1 Å². The van der Waals surface area contributed by atoms with Gasteiger partial charge >= 0.3 is 12.1 Å². The molecular weight excluding hydrogens is 400 g/mol. The Morgan fingerprint density at radius 1 is 0.968 bits per heavy atom. The molecule has 2 unspecified atom stereocenters. The molecule has 0 heterocycles. The summed E-state index contributed by atoms with van der Waals surface area (Å²) in [4.78, 5) is 34.7. The molecule has 0 bridgehead atoms. The molecule has 1 aliphatic rings. The number of amides is 2. The van der Waals surface area contributed by atoms with Gasteiger partial charge in [-0.25, -0.2) is 4.79 Å². The van der Waals surface area contributed by atoms with Gasteiger partial charge in [0.2, 0.25) is 5.91 Å². The Morgan fingerprint density at radius 3 is 2.13 bits per heavy atom. The summed E-state index contributed by atoms with van der Waals surface area (Å²) in [6, 6.07) is 16.1. The Labute approximate surface area is 180 Å². The van der Waals surface area contributed by atoms with Crippen LogP contribution in [0.5, 0.6) is 0 Å². The van der Waals surface area contributed by atoms with Gasteiger partial charge in [0.05, 0.1) is 18.4 Å². The van der Waals surface area contributed by atoms with Crippen molar-refractivity contribution in [2.45, 2.75) is 25.4 Å². The number of alkyl carbamates (subject to hydrolysis) is 1. The maximum atomic E-state index is 12.2. The maximum Gasteiger partial charge on any atom is 0.407 e. The van der Waals surface area contributed by atoms with Gasteiger partial charge in [0, 0.05) is 19.0 Å². The fourth-order valence-corrected chi connectivity index (χ4v) is 3.64. The van der Waals surface area contributed by atoms with E-state index in [9.17, 15) is 19.5 Å². The van der Waals surface area contributed by atoms with Gasteiger partial charge in [-0.1, -0.05) is 55.5 Å². The van der Waals surface area contributed by atoms with E-state index in [0.29, 0.717) is 0 Å². The van der Waals surface area contributed by atoms with E-state index in [4.69, 9.17) is 9.84 Å². The molecule has 31 heavy (non-hydrogen) atoms. The number of carbonyl (C=O) groups excluding carboxylic acids is 2. The number of aliphatic hydroxyl groups is 1. The Kier molecular flexibility index (Phi) is 7.25. The number of ether oxygens (including phenoxy) is 1. The smallest absolute Gasteiger partial charge is 0.407 e. The average Bonchev–Trinajstić information content (AvgIpc) is 3.07. The number of carboxylic acids is 1. The zero-order valence-electron chi connectivity index (χ0n) is 17.2. The minimum atomic E-state index is -1.16. The largest absolute Gasteiger partial charge is 0.481 e. The van der Waals surface area contributed by atoms with Crippen molar-refractivity contribution < 1.29 is 29.3 Å². The zero-order chi connectivity index (χ0) is 22.4. The Bertz CT molecular complexity index is 915. The number of rotatable bonds is 9. The van der Waals surface area contributed by atoms with Gasteiger partial charge in [0.15, 0.2) is 0 Å². The van der Waals surface area contributed by atoms with E-state index in [1.54, 1.807) is 6.92 Å². The lowest BCUT2D eigenvalue weighted by atomic mass is 9.98. The topological polar surface area (TPSA) is 125 Å². The summed E-state index contributed by atoms with van der Waals surface area (Å²) < 4.78 is 5.42. The van der Waals surface area contributed by atoms with Crippen LogP contribution in [-0.4, -0.2) is 54.0 Å². The summed E-state index contributed by atoms with van der Waals surface area (Å²) >= 11 is 0. The predicted octanol–water partition coefficient (Wildman–Crippen LogP) is 2.11. The number of hydrogen-bond donors (Lipinski definition) is 4. The third kappa shape index (κ3) is 5.61. The molecule has 3 rings (SSSR count). The molecule has 1 aliphatic carbocycles. The standard InChI is InChI=1S/C23H26N2O6/c1-14(22(29)24-12-15(26)10-21(27)28)11-25-23(30)31-13-20-18-8-4-2-6-16(18)17-7-3-5-9-19(17)20/h2-9,14-15,20,26H,10-13H2,1H3,(H,24,29)(H,25,30)(H,27,28). The monoisotopic (exact) mass is 426 g/mol. The molecule has 0 aliphatic heterocycles. The highest BCUT2D eigenvalue weighted by Gasteiger charge is 2.29. The average molecular weight is 426 g/mol. The normalized spacial score (nSPS) is 14.1. The summed E-state index contributed by atoms with van der Waals surface area (Å²) in [7, 11) is 0. The first-order valence-corrected chi connectivity index (χ1v) is 10.1. The van der Waals surface area contributed by atoms with Crippen molar-refractivity contribution >= 4 is 18.0 Å². The molecule has 2 amide bonds. The van der Waals surface area contributed by atoms with Crippen molar-refractivity contribution in [1.82, 2.24) is 10.6 Å². The first kappa shape index (κ1) is 22.3. The van der Waals surface area contributed by atoms with Crippen molar-refractivity contribution in [3.63, 3.8) is 0 Å². The highest BCUT2D eigenvalue weighted by Crippen LogP contribution is 2.44. The highest BCUT2D eigenvalue weighted by molar-refractivity contribution is 5.80. The van der Waals surface area contributed by atoms with Crippen LogP contribution in [-0.2, 0) is 14.3 Å². The lowest BCUT2D eigenvalue weighted by molar-refractivity contribution is -0.139. The molecule has 0 spiro atoms. The van der Waals surface area contributed by atoms with Gasteiger partial charge < -0.3 is 25.6 Å². The van der Waals surface area contributed by atoms with Gasteiger partial charge in [0.25, 0.3) is 0 Å². The minimum Gasteiger partial charge on any atom is -0.481 e. The first-order chi connectivity index (χ1) is 14.9. The van der Waals surface area contributed by atoms with Crippen molar-refractivity contribution in [2.75, 3.05) is 19.7 Å². The molecular formula is C23H26N2O6. The quantitative estimate of drug-likeness (QED) is 0.487. The van der Waals surface area contributed by atoms with Gasteiger partial charge in [-0.05, 0) is 22.3 Å². The van der Waals surface area contributed by atoms with E-state index >= 15 is 0 Å². The molecule has 8 heteroatoms. The summed E-state index contributed by atoms with van der Waals surface area (Å²) in [6.45, 7) is 1.68. The Balaban J connectivity index is 1.46. The van der Waals surface area contributed by atoms with Gasteiger partial charge in [-0.3, -0.25) is 9.59 Å². The molecule has 4 N–H and O–H groups in total. The van der Waals surface area contributed by atoms with Crippen LogP contribution in [0.2, 0.25) is 0 Å². The van der Waals surface area contributed by atoms with Crippen LogP contribution in [0.1, 0.15) is 30.4 Å². The van der Waals surface area contributed by atoms with Crippen LogP contribution in [0.4, 0.5) is 4.79 Å². The molecule has 0 aromatic heterocycles. The van der Waals surface area contributed by atoms with Crippen LogP contribution in [0, 0.1) is 5.92 Å². The highest BCUT2D eigenvalue weighted by atomic mass is 16.5. The van der Waals surface area contributed by atoms with E-state index in [0.717, 1.165) is 22.3 Å². The van der Waals surface area contributed by atoms with Crippen molar-refractivity contribution in [3.8, 4) is 11.1 Å². The van der Waals surface area contributed by atoms with Crippen LogP contribution >= 0.6 is 0 Å². The number of aliphatic carboxylic acids is 1. The van der Waals surface area contributed by atoms with Crippen LogP contribution < -0.4 is 10.6 Å². The second-order valence-electron chi connectivity index (χ2n) is 7.60. The molecule has 164 valence electrons. The SMILES string of the molecule is CC(CNC(=O)OCC1c2ccccc2-c2ccccc21)C(=O)NCC(O)CC(=O)O. The number of nitrogens with one attached hydrogen (secondary N) is 2. The summed E-state index contributed by atoms with van der Waals surface area (Å²) in [5.41, 5.74) is 4.51. The van der Waals surface area contributed by atoms with E-state index in [2.05, 4.69) is 22.8 Å². The lowest BCUT2D eigenvalue weighted by Gasteiger charge is -2.17. The summed E-state index contributed by atoms with van der Waals surface area (Å²) in [5.74, 6) is -2.16. The molecule has 0 radical (unpaired) electrons. The van der Waals surface area contributed by atoms with Gasteiger partial charge in [0.1, 0.15) is 6.61 Å². The second kappa shape index (κ2) is 10.1. The molecule has 2 aromatic carbocycles. The van der Waals surface area contributed by atoms with E-state index in [1.807, 2.05) is 36.4 Å². The van der Waals surface area contributed by atoms with Crippen molar-refractivity contribution in [2.24, 2.45) is 5.92 Å². The molecule has 2 atom stereocenters. The molecule has 8 nitrogen and oxygen atoms in total. The Morgan fingerprint density at radius 2 is 1.55 bits per heavy atom. The molecule has 2 aromatic rings. The predicted molar refractivity (Wildman–Crippen MR) is 114 cm³/mol. The minimum absolute atomic E-state index is 0.0467. The number of aliphatic hydroxyl groups excluding tert-OH is 1. The summed E-state index contributed by atoms with van der Waals surface area (Å²) in [5, 5.41) is 23.1. The van der Waals surface area contributed by atoms with Crippen LogP contribution in [0.15, 0.2) is 48.5 Å². The zero-order valence-corrected chi connectivity index (χ0v) is 17.2. The van der Waals surface area contributed by atoms with Crippen LogP contribution in [0.3, 0.4) is 0 Å². The fraction of sp³-hybridized carbons (Fsp3) is 0.348. The molecule has 0 saturated carbocycles.